The average molecular weight is 219 g/mol. The summed E-state index contributed by atoms with van der Waals surface area (Å²) >= 11 is 0. The normalized spacial score (nSPS) is 9.25. The van der Waals surface area contributed by atoms with E-state index >= 15 is 0 Å². The summed E-state index contributed by atoms with van der Waals surface area (Å²) < 4.78 is 0. The molecule has 0 fully saturated rings. The van der Waals surface area contributed by atoms with Crippen molar-refractivity contribution in [3.05, 3.63) is 71.8 Å². The van der Waals surface area contributed by atoms with E-state index in [9.17, 15) is 4.79 Å². The zero-order chi connectivity index (χ0) is 10.5. The van der Waals surface area contributed by atoms with E-state index < -0.39 is 0 Å². The molecular formula is C14H12NaO. The van der Waals surface area contributed by atoms with Gasteiger partial charge in [-0.05, 0) is 5.56 Å². The Labute approximate surface area is 118 Å². The van der Waals surface area contributed by atoms with Gasteiger partial charge in [-0.2, -0.15) is 0 Å². The molecule has 0 aliphatic heterocycles. The number of Topliss-reactive ketones (excluding diaryl/α,β-unsaturated/α-hetero) is 1. The molecule has 16 heavy (non-hydrogen) atoms. The molecule has 75 valence electrons. The van der Waals surface area contributed by atoms with Gasteiger partial charge >= 0.3 is 0 Å². The molecule has 0 aliphatic carbocycles. The van der Waals surface area contributed by atoms with Gasteiger partial charge in [0.05, 0.1) is 0 Å². The van der Waals surface area contributed by atoms with E-state index in [1.54, 1.807) is 0 Å². The maximum absolute atomic E-state index is 11.8. The maximum Gasteiger partial charge on any atom is 0.167 e. The van der Waals surface area contributed by atoms with Crippen molar-refractivity contribution in [1.29, 1.82) is 0 Å². The third kappa shape index (κ3) is 3.60. The number of hydrogen-bond acceptors (Lipinski definition) is 1. The summed E-state index contributed by atoms with van der Waals surface area (Å²) in [6.45, 7) is 0. The first-order chi connectivity index (χ1) is 7.36. The number of rotatable bonds is 3. The van der Waals surface area contributed by atoms with Gasteiger partial charge in [-0.1, -0.05) is 60.7 Å². The molecule has 0 amide bonds. The summed E-state index contributed by atoms with van der Waals surface area (Å²) in [5.74, 6) is 0.168. The topological polar surface area (TPSA) is 17.1 Å². The summed E-state index contributed by atoms with van der Waals surface area (Å²) in [4.78, 5) is 11.8. The molecule has 0 aromatic heterocycles. The Morgan fingerprint density at radius 3 is 1.88 bits per heavy atom. The van der Waals surface area contributed by atoms with Gasteiger partial charge in [0.1, 0.15) is 0 Å². The molecule has 1 nitrogen and oxygen atoms in total. The minimum Gasteiger partial charge on any atom is -0.294 e. The first kappa shape index (κ1) is 13.2. The summed E-state index contributed by atoms with van der Waals surface area (Å²) in [5.41, 5.74) is 1.84. The third-order valence-electron chi connectivity index (χ3n) is 2.30. The number of carbonyl (C=O) groups is 1. The third-order valence-corrected chi connectivity index (χ3v) is 2.30. The smallest absolute Gasteiger partial charge is 0.167 e. The summed E-state index contributed by atoms with van der Waals surface area (Å²) in [7, 11) is 0. The van der Waals surface area contributed by atoms with Gasteiger partial charge in [0.25, 0.3) is 0 Å². The molecule has 0 heterocycles. The second-order valence-electron chi connectivity index (χ2n) is 3.45. The molecule has 2 rings (SSSR count). The molecule has 0 atom stereocenters. The summed E-state index contributed by atoms with van der Waals surface area (Å²) in [6.07, 6.45) is 0.477. The van der Waals surface area contributed by atoms with E-state index in [0.29, 0.717) is 6.42 Å². The molecule has 0 N–H and O–H groups in total. The minimum atomic E-state index is 0. The molecule has 0 saturated heterocycles. The molecule has 0 saturated carbocycles. The molecule has 0 unspecified atom stereocenters. The SMILES string of the molecule is O=C(Cc1ccccc1)c1ccccc1.[Na]. The zero-order valence-corrected chi connectivity index (χ0v) is 11.4. The molecular weight excluding hydrogens is 207 g/mol. The molecule has 0 bridgehead atoms. The average Bonchev–Trinajstić information content (AvgIpc) is 2.31. The summed E-state index contributed by atoms with van der Waals surface area (Å²) in [6, 6.07) is 19.2. The Kier molecular flexibility index (Phi) is 5.47. The molecule has 1 radical (unpaired) electrons. The van der Waals surface area contributed by atoms with Gasteiger partial charge in [0, 0.05) is 41.5 Å². The zero-order valence-electron chi connectivity index (χ0n) is 9.39. The largest absolute Gasteiger partial charge is 0.294 e. The van der Waals surface area contributed by atoms with Crippen molar-refractivity contribution in [2.45, 2.75) is 6.42 Å². The number of carbonyl (C=O) groups excluding carboxylic acids is 1. The van der Waals surface area contributed by atoms with E-state index in [-0.39, 0.29) is 35.3 Å². The first-order valence-corrected chi connectivity index (χ1v) is 4.98. The van der Waals surface area contributed by atoms with Crippen LogP contribution in [0, 0.1) is 0 Å². The Morgan fingerprint density at radius 1 is 0.812 bits per heavy atom. The molecule has 2 aromatic carbocycles. The van der Waals surface area contributed by atoms with E-state index in [1.165, 1.54) is 0 Å². The fraction of sp³-hybridized carbons (Fsp3) is 0.0714. The molecule has 0 spiro atoms. The van der Waals surface area contributed by atoms with Gasteiger partial charge in [-0.3, -0.25) is 4.79 Å². The van der Waals surface area contributed by atoms with Crippen LogP contribution in [-0.2, 0) is 6.42 Å². The Hall–Kier alpha value is -0.890. The molecule has 2 heteroatoms. The van der Waals surface area contributed by atoms with Crippen molar-refractivity contribution in [2.24, 2.45) is 0 Å². The van der Waals surface area contributed by atoms with Crippen LogP contribution in [0.5, 0.6) is 0 Å². The summed E-state index contributed by atoms with van der Waals surface area (Å²) in [5, 5.41) is 0. The predicted octanol–water partition coefficient (Wildman–Crippen LogP) is 2.73. The standard InChI is InChI=1S/C14H12O.Na/c15-14(13-9-5-2-6-10-13)11-12-7-3-1-4-8-12;/h1-10H,11H2;. The number of hydrogen-bond donors (Lipinski definition) is 0. The fourth-order valence-electron chi connectivity index (χ4n) is 1.51. The fourth-order valence-corrected chi connectivity index (χ4v) is 1.51. The van der Waals surface area contributed by atoms with Gasteiger partial charge in [0.15, 0.2) is 5.78 Å². The van der Waals surface area contributed by atoms with Crippen LogP contribution >= 0.6 is 0 Å². The molecule has 2 aromatic rings. The quantitative estimate of drug-likeness (QED) is 0.573. The van der Waals surface area contributed by atoms with Crippen LogP contribution in [-0.4, -0.2) is 35.3 Å². The Bertz CT molecular complexity index is 437. The van der Waals surface area contributed by atoms with Crippen LogP contribution in [0.4, 0.5) is 0 Å². The van der Waals surface area contributed by atoms with Crippen LogP contribution in [0.15, 0.2) is 60.7 Å². The monoisotopic (exact) mass is 219 g/mol. The van der Waals surface area contributed by atoms with Crippen LogP contribution in [0.3, 0.4) is 0 Å². The van der Waals surface area contributed by atoms with Gasteiger partial charge in [0.2, 0.25) is 0 Å². The molecule has 0 aliphatic rings. The van der Waals surface area contributed by atoms with Crippen molar-refractivity contribution in [1.82, 2.24) is 0 Å². The first-order valence-electron chi connectivity index (χ1n) is 4.98. The van der Waals surface area contributed by atoms with Crippen molar-refractivity contribution in [2.75, 3.05) is 0 Å². The van der Waals surface area contributed by atoms with Crippen molar-refractivity contribution in [3.63, 3.8) is 0 Å². The van der Waals surface area contributed by atoms with E-state index in [1.807, 2.05) is 60.7 Å². The van der Waals surface area contributed by atoms with Crippen molar-refractivity contribution >= 4 is 35.3 Å². The van der Waals surface area contributed by atoms with Crippen molar-refractivity contribution < 1.29 is 4.79 Å². The van der Waals surface area contributed by atoms with E-state index in [2.05, 4.69) is 0 Å². The number of ketones is 1. The second kappa shape index (κ2) is 6.64. The van der Waals surface area contributed by atoms with Crippen molar-refractivity contribution in [3.8, 4) is 0 Å². The van der Waals surface area contributed by atoms with Gasteiger partial charge in [-0.25, -0.2) is 0 Å². The van der Waals surface area contributed by atoms with Crippen LogP contribution < -0.4 is 0 Å². The maximum atomic E-state index is 11.8. The minimum absolute atomic E-state index is 0. The van der Waals surface area contributed by atoms with Crippen LogP contribution in [0.1, 0.15) is 15.9 Å². The van der Waals surface area contributed by atoms with Crippen LogP contribution in [0.25, 0.3) is 0 Å². The van der Waals surface area contributed by atoms with E-state index in [0.717, 1.165) is 11.1 Å². The van der Waals surface area contributed by atoms with Crippen LogP contribution in [0.2, 0.25) is 0 Å². The predicted molar refractivity (Wildman–Crippen MR) is 66.7 cm³/mol. The Balaban J connectivity index is 0.00000128. The second-order valence-corrected chi connectivity index (χ2v) is 3.45. The Morgan fingerprint density at radius 2 is 1.31 bits per heavy atom. The van der Waals surface area contributed by atoms with Gasteiger partial charge in [-0.15, -0.1) is 0 Å². The van der Waals surface area contributed by atoms with Gasteiger partial charge < -0.3 is 0 Å². The number of benzene rings is 2. The van der Waals surface area contributed by atoms with E-state index in [4.69, 9.17) is 0 Å².